The zero-order valence-corrected chi connectivity index (χ0v) is 20.4. The highest BCUT2D eigenvalue weighted by Gasteiger charge is 2.37. The van der Waals surface area contributed by atoms with E-state index >= 15 is 0 Å². The number of para-hydroxylation sites is 2. The summed E-state index contributed by atoms with van der Waals surface area (Å²) in [6, 6.07) is 21.2. The molecule has 0 bridgehead atoms. The summed E-state index contributed by atoms with van der Waals surface area (Å²) in [6.07, 6.45) is 2.24. The van der Waals surface area contributed by atoms with Crippen LogP contribution in [0.25, 0.3) is 5.69 Å². The van der Waals surface area contributed by atoms with Crippen LogP contribution in [-0.4, -0.2) is 33.9 Å². The van der Waals surface area contributed by atoms with Gasteiger partial charge in [-0.3, -0.25) is 14.5 Å². The second-order valence-corrected chi connectivity index (χ2v) is 9.91. The van der Waals surface area contributed by atoms with Gasteiger partial charge in [-0.1, -0.05) is 30.3 Å². The predicted molar refractivity (Wildman–Crippen MR) is 136 cm³/mol. The normalized spacial score (nSPS) is 14.5. The molecular formula is C28H26FN3O2S. The van der Waals surface area contributed by atoms with Crippen molar-refractivity contribution in [3.05, 3.63) is 106 Å². The fourth-order valence-corrected chi connectivity index (χ4v) is 5.36. The van der Waals surface area contributed by atoms with Gasteiger partial charge < -0.3 is 9.47 Å². The van der Waals surface area contributed by atoms with E-state index in [0.29, 0.717) is 0 Å². The Morgan fingerprint density at radius 3 is 2.40 bits per heavy atom. The van der Waals surface area contributed by atoms with Gasteiger partial charge in [0.15, 0.2) is 0 Å². The van der Waals surface area contributed by atoms with Crippen molar-refractivity contribution in [2.45, 2.75) is 32.4 Å². The molecule has 0 spiro atoms. The van der Waals surface area contributed by atoms with Crippen molar-refractivity contribution in [1.82, 2.24) is 9.47 Å². The lowest BCUT2D eigenvalue weighted by atomic mass is 9.97. The molecule has 5 nitrogen and oxygen atoms in total. The van der Waals surface area contributed by atoms with Crippen LogP contribution in [0.15, 0.2) is 84.4 Å². The van der Waals surface area contributed by atoms with Crippen LogP contribution < -0.4 is 4.90 Å². The van der Waals surface area contributed by atoms with Crippen LogP contribution in [0.2, 0.25) is 0 Å². The number of hydrogen-bond acceptors (Lipinski definition) is 3. The van der Waals surface area contributed by atoms with Gasteiger partial charge in [0.05, 0.1) is 23.5 Å². The second kappa shape index (κ2) is 9.50. The molecule has 35 heavy (non-hydrogen) atoms. The largest absolute Gasteiger partial charge is 0.331 e. The van der Waals surface area contributed by atoms with E-state index in [1.54, 1.807) is 21.9 Å². The Bertz CT molecular complexity index is 1340. The summed E-state index contributed by atoms with van der Waals surface area (Å²) in [5.41, 5.74) is 3.35. The van der Waals surface area contributed by atoms with E-state index in [0.717, 1.165) is 27.5 Å². The Balaban J connectivity index is 1.54. The summed E-state index contributed by atoms with van der Waals surface area (Å²) in [4.78, 5) is 31.6. The van der Waals surface area contributed by atoms with Crippen molar-refractivity contribution in [2.75, 3.05) is 11.4 Å². The van der Waals surface area contributed by atoms with Crippen LogP contribution in [0.1, 0.15) is 36.0 Å². The molecular weight excluding hydrogens is 461 g/mol. The lowest BCUT2D eigenvalue weighted by molar-refractivity contribution is -0.136. The van der Waals surface area contributed by atoms with E-state index in [1.165, 1.54) is 23.5 Å². The number of thiophene rings is 1. The fourth-order valence-electron chi connectivity index (χ4n) is 4.67. The van der Waals surface area contributed by atoms with Crippen molar-refractivity contribution in [1.29, 1.82) is 0 Å². The van der Waals surface area contributed by atoms with E-state index in [2.05, 4.69) is 4.57 Å². The minimum Gasteiger partial charge on any atom is -0.331 e. The summed E-state index contributed by atoms with van der Waals surface area (Å²) in [7, 11) is 0. The Hall–Kier alpha value is -3.71. The maximum absolute atomic E-state index is 14.0. The summed E-state index contributed by atoms with van der Waals surface area (Å²) in [6.45, 7) is 3.80. The number of aromatic nitrogens is 1. The van der Waals surface area contributed by atoms with E-state index in [-0.39, 0.29) is 36.6 Å². The molecule has 0 saturated heterocycles. The van der Waals surface area contributed by atoms with Gasteiger partial charge in [0, 0.05) is 17.1 Å². The van der Waals surface area contributed by atoms with Crippen molar-refractivity contribution in [2.24, 2.45) is 0 Å². The first-order valence-corrected chi connectivity index (χ1v) is 12.5. The Morgan fingerprint density at radius 2 is 1.71 bits per heavy atom. The molecule has 1 aliphatic rings. The average molecular weight is 488 g/mol. The molecule has 2 amide bonds. The number of halogens is 1. The highest BCUT2D eigenvalue weighted by Crippen LogP contribution is 2.42. The van der Waals surface area contributed by atoms with Crippen LogP contribution in [-0.2, 0) is 16.0 Å². The van der Waals surface area contributed by atoms with Crippen LogP contribution in [0.4, 0.5) is 10.1 Å². The van der Waals surface area contributed by atoms with Gasteiger partial charge in [-0.15, -0.1) is 11.3 Å². The number of amides is 2. The Morgan fingerprint density at radius 1 is 0.971 bits per heavy atom. The Kier molecular flexibility index (Phi) is 6.26. The summed E-state index contributed by atoms with van der Waals surface area (Å²) < 4.78 is 15.8. The van der Waals surface area contributed by atoms with Gasteiger partial charge in [0.1, 0.15) is 18.4 Å². The first-order valence-electron chi connectivity index (χ1n) is 11.6. The zero-order valence-electron chi connectivity index (χ0n) is 19.6. The molecule has 2 aromatic carbocycles. The molecule has 5 rings (SSSR count). The molecule has 3 heterocycles. The predicted octanol–water partition coefficient (Wildman–Crippen LogP) is 5.59. The van der Waals surface area contributed by atoms with Gasteiger partial charge in [-0.25, -0.2) is 4.39 Å². The molecule has 1 unspecified atom stereocenters. The molecule has 1 atom stereocenters. The van der Waals surface area contributed by atoms with Crippen molar-refractivity contribution >= 4 is 28.8 Å². The minimum absolute atomic E-state index is 0.0470. The topological polar surface area (TPSA) is 45.6 Å². The fraction of sp³-hybridized carbons (Fsp3) is 0.214. The summed E-state index contributed by atoms with van der Waals surface area (Å²) in [5, 5.41) is 1.94. The molecule has 0 N–H and O–H groups in total. The highest BCUT2D eigenvalue weighted by atomic mass is 32.1. The summed E-state index contributed by atoms with van der Waals surface area (Å²) >= 11 is 1.53. The quantitative estimate of drug-likeness (QED) is 0.356. The van der Waals surface area contributed by atoms with Gasteiger partial charge in [0.2, 0.25) is 11.8 Å². The number of carbonyl (C=O) groups is 2. The monoisotopic (exact) mass is 487 g/mol. The Labute approximate surface area is 208 Å². The van der Waals surface area contributed by atoms with Gasteiger partial charge in [-0.05, 0) is 67.3 Å². The van der Waals surface area contributed by atoms with Crippen molar-refractivity contribution in [3.8, 4) is 5.69 Å². The zero-order chi connectivity index (χ0) is 24.5. The number of carbonyl (C=O) groups excluding carboxylic acids is 2. The molecule has 4 aromatic rings. The number of anilines is 1. The first-order chi connectivity index (χ1) is 16.9. The van der Waals surface area contributed by atoms with Crippen LogP contribution in [0.5, 0.6) is 0 Å². The van der Waals surface area contributed by atoms with Crippen LogP contribution >= 0.6 is 11.3 Å². The third kappa shape index (κ3) is 4.39. The van der Waals surface area contributed by atoms with E-state index in [9.17, 15) is 14.0 Å². The molecule has 178 valence electrons. The maximum atomic E-state index is 14.0. The molecule has 0 saturated carbocycles. The minimum atomic E-state index is -0.450. The second-order valence-electron chi connectivity index (χ2n) is 8.88. The third-order valence-electron chi connectivity index (χ3n) is 6.33. The van der Waals surface area contributed by atoms with E-state index in [1.807, 2.05) is 74.0 Å². The van der Waals surface area contributed by atoms with Crippen molar-refractivity contribution in [3.63, 3.8) is 0 Å². The SMILES string of the molecule is CC(C)N(CC(=O)N1c2ccccc2-n2cccc2C1c1ccc(F)cc1)C(=O)Cc1cccs1. The summed E-state index contributed by atoms with van der Waals surface area (Å²) in [5.74, 6) is -0.598. The highest BCUT2D eigenvalue weighted by molar-refractivity contribution is 7.10. The number of rotatable bonds is 6. The third-order valence-corrected chi connectivity index (χ3v) is 7.21. The smallest absolute Gasteiger partial charge is 0.247 e. The number of hydrogen-bond donors (Lipinski definition) is 0. The van der Waals surface area contributed by atoms with Gasteiger partial charge >= 0.3 is 0 Å². The molecule has 2 aromatic heterocycles. The van der Waals surface area contributed by atoms with E-state index < -0.39 is 6.04 Å². The standard InChI is InChI=1S/C28H26FN3O2S/c1-19(2)31(26(33)17-22-7-6-16-35-22)18-27(34)32-24-9-4-3-8-23(24)30-15-5-10-25(30)28(32)20-11-13-21(29)14-12-20/h3-16,19,28H,17-18H2,1-2H3. The number of nitrogens with zero attached hydrogens (tertiary/aromatic N) is 3. The first kappa shape index (κ1) is 23.1. The maximum Gasteiger partial charge on any atom is 0.247 e. The number of fused-ring (bicyclic) bond motifs is 3. The molecule has 1 aliphatic heterocycles. The molecule has 0 aliphatic carbocycles. The number of benzene rings is 2. The molecule has 0 fully saturated rings. The van der Waals surface area contributed by atoms with Crippen LogP contribution in [0, 0.1) is 5.82 Å². The lowest BCUT2D eigenvalue weighted by Crippen LogP contribution is -2.49. The van der Waals surface area contributed by atoms with Crippen molar-refractivity contribution < 1.29 is 14.0 Å². The molecule has 0 radical (unpaired) electrons. The van der Waals surface area contributed by atoms with E-state index in [4.69, 9.17) is 0 Å². The van der Waals surface area contributed by atoms with Gasteiger partial charge in [-0.2, -0.15) is 0 Å². The van der Waals surface area contributed by atoms with Gasteiger partial charge in [0.25, 0.3) is 0 Å². The van der Waals surface area contributed by atoms with Crippen LogP contribution in [0.3, 0.4) is 0 Å². The lowest BCUT2D eigenvalue weighted by Gasteiger charge is -2.40. The average Bonchev–Trinajstić information content (AvgIpc) is 3.54. The molecule has 7 heteroatoms.